The van der Waals surface area contributed by atoms with Crippen LogP contribution in [0.5, 0.6) is 0 Å². The van der Waals surface area contributed by atoms with Gasteiger partial charge in [0.05, 0.1) is 24.4 Å². The maximum absolute atomic E-state index is 11.4. The first-order valence-electron chi connectivity index (χ1n) is 5.26. The number of aromatic nitrogens is 1. The second-order valence-electron chi connectivity index (χ2n) is 3.56. The van der Waals surface area contributed by atoms with Crippen LogP contribution in [0.25, 0.3) is 0 Å². The summed E-state index contributed by atoms with van der Waals surface area (Å²) in [4.78, 5) is 15.7. The molecular formula is C12H7BrClN3O2S. The van der Waals surface area contributed by atoms with Crippen molar-refractivity contribution >= 4 is 55.7 Å². The minimum absolute atomic E-state index is 0.0918. The molecule has 2 aromatic rings. The van der Waals surface area contributed by atoms with Gasteiger partial charge in [-0.05, 0) is 34.1 Å². The summed E-state index contributed by atoms with van der Waals surface area (Å²) in [6, 6.07) is 7.12. The number of benzene rings is 1. The molecule has 1 aromatic heterocycles. The van der Waals surface area contributed by atoms with Gasteiger partial charge in [0.2, 0.25) is 0 Å². The summed E-state index contributed by atoms with van der Waals surface area (Å²) in [6.07, 6.45) is 0. The van der Waals surface area contributed by atoms with Crippen molar-refractivity contribution < 1.29 is 9.53 Å². The third kappa shape index (κ3) is 3.10. The molecule has 20 heavy (non-hydrogen) atoms. The molecule has 0 aliphatic heterocycles. The molecular weight excluding hydrogens is 366 g/mol. The number of esters is 1. The van der Waals surface area contributed by atoms with Crippen molar-refractivity contribution in [2.75, 3.05) is 12.4 Å². The quantitative estimate of drug-likeness (QED) is 0.825. The molecule has 1 N–H and O–H groups in total. The number of nitrogens with zero attached hydrogens (tertiary/aromatic N) is 2. The van der Waals surface area contributed by atoms with Crippen molar-refractivity contribution in [2.45, 2.75) is 0 Å². The third-order valence-corrected chi connectivity index (χ3v) is 4.29. The molecule has 1 heterocycles. The van der Waals surface area contributed by atoms with E-state index in [4.69, 9.17) is 16.9 Å². The molecule has 1 aromatic carbocycles. The Morgan fingerprint density at radius 1 is 1.60 bits per heavy atom. The number of hydrogen-bond donors (Lipinski definition) is 1. The molecule has 0 amide bonds. The van der Waals surface area contributed by atoms with Crippen LogP contribution in [0, 0.1) is 11.3 Å². The van der Waals surface area contributed by atoms with E-state index in [-0.39, 0.29) is 10.0 Å². The molecule has 5 nitrogen and oxygen atoms in total. The number of halogens is 2. The largest absolute Gasteiger partial charge is 0.465 e. The highest BCUT2D eigenvalue weighted by Crippen LogP contribution is 2.32. The Morgan fingerprint density at radius 3 is 2.95 bits per heavy atom. The fourth-order valence-electron chi connectivity index (χ4n) is 1.37. The first-order chi connectivity index (χ1) is 9.55. The van der Waals surface area contributed by atoms with E-state index in [1.807, 2.05) is 6.07 Å². The molecule has 0 bridgehead atoms. The number of anilines is 2. The number of carbonyl (C=O) groups is 1. The van der Waals surface area contributed by atoms with Gasteiger partial charge in [0, 0.05) is 4.47 Å². The van der Waals surface area contributed by atoms with E-state index in [0.29, 0.717) is 20.9 Å². The lowest BCUT2D eigenvalue weighted by Gasteiger charge is -2.05. The fourth-order valence-corrected chi connectivity index (χ4v) is 2.97. The van der Waals surface area contributed by atoms with Gasteiger partial charge in [0.1, 0.15) is 0 Å². The van der Waals surface area contributed by atoms with Crippen molar-refractivity contribution in [3.05, 3.63) is 38.3 Å². The number of nitriles is 1. The zero-order valence-corrected chi connectivity index (χ0v) is 13.3. The maximum Gasteiger partial charge on any atom is 0.351 e. The Labute approximate surface area is 132 Å². The first kappa shape index (κ1) is 14.8. The minimum Gasteiger partial charge on any atom is -0.465 e. The highest BCUT2D eigenvalue weighted by atomic mass is 79.9. The van der Waals surface area contributed by atoms with Gasteiger partial charge in [-0.1, -0.05) is 22.9 Å². The van der Waals surface area contributed by atoms with E-state index in [0.717, 1.165) is 11.3 Å². The zero-order chi connectivity index (χ0) is 14.7. The lowest BCUT2D eigenvalue weighted by molar-refractivity contribution is 0.0606. The molecule has 102 valence electrons. The lowest BCUT2D eigenvalue weighted by Crippen LogP contribution is -1.98. The van der Waals surface area contributed by atoms with Gasteiger partial charge in [-0.3, -0.25) is 0 Å². The topological polar surface area (TPSA) is 75.0 Å². The summed E-state index contributed by atoms with van der Waals surface area (Å²) in [5, 5.41) is 12.4. The SMILES string of the molecule is COC(=O)c1sc(Nc2ccc(C#N)cc2Br)nc1Cl. The molecule has 2 rings (SSSR count). The van der Waals surface area contributed by atoms with Gasteiger partial charge in [0.25, 0.3) is 0 Å². The van der Waals surface area contributed by atoms with Gasteiger partial charge in [-0.2, -0.15) is 5.26 Å². The van der Waals surface area contributed by atoms with E-state index in [9.17, 15) is 4.79 Å². The Hall–Kier alpha value is -1.62. The predicted molar refractivity (Wildman–Crippen MR) is 80.6 cm³/mol. The van der Waals surface area contributed by atoms with E-state index in [1.165, 1.54) is 7.11 Å². The molecule has 0 saturated heterocycles. The second-order valence-corrected chi connectivity index (χ2v) is 5.77. The van der Waals surface area contributed by atoms with Crippen LogP contribution in [0.4, 0.5) is 10.8 Å². The lowest BCUT2D eigenvalue weighted by atomic mass is 10.2. The number of methoxy groups -OCH3 is 1. The summed E-state index contributed by atoms with van der Waals surface area (Å²) in [5.41, 5.74) is 1.25. The maximum atomic E-state index is 11.4. The molecule has 0 radical (unpaired) electrons. The Bertz CT molecular complexity index is 711. The fraction of sp³-hybridized carbons (Fsp3) is 0.0833. The van der Waals surface area contributed by atoms with Crippen molar-refractivity contribution in [3.63, 3.8) is 0 Å². The van der Waals surface area contributed by atoms with Crippen LogP contribution in [0.15, 0.2) is 22.7 Å². The van der Waals surface area contributed by atoms with Crippen LogP contribution < -0.4 is 5.32 Å². The average Bonchev–Trinajstić information content (AvgIpc) is 2.81. The smallest absolute Gasteiger partial charge is 0.351 e. The van der Waals surface area contributed by atoms with Crippen molar-refractivity contribution in [1.82, 2.24) is 4.98 Å². The third-order valence-electron chi connectivity index (χ3n) is 2.30. The Kier molecular flexibility index (Phi) is 4.60. The number of thiazole rings is 1. The monoisotopic (exact) mass is 371 g/mol. The average molecular weight is 373 g/mol. The normalized spacial score (nSPS) is 9.90. The van der Waals surface area contributed by atoms with Gasteiger partial charge >= 0.3 is 5.97 Å². The predicted octanol–water partition coefficient (Wildman–Crippen LogP) is 3.96. The summed E-state index contributed by atoms with van der Waals surface area (Å²) in [6.45, 7) is 0. The zero-order valence-electron chi connectivity index (χ0n) is 10.1. The number of nitrogens with one attached hydrogen (secondary N) is 1. The molecule has 0 saturated carbocycles. The minimum atomic E-state index is -0.528. The molecule has 0 spiro atoms. The van der Waals surface area contributed by atoms with E-state index < -0.39 is 5.97 Å². The number of hydrogen-bond acceptors (Lipinski definition) is 6. The Morgan fingerprint density at radius 2 is 2.35 bits per heavy atom. The highest BCUT2D eigenvalue weighted by Gasteiger charge is 2.17. The number of ether oxygens (including phenoxy) is 1. The van der Waals surface area contributed by atoms with Crippen LogP contribution in [-0.2, 0) is 4.74 Å². The summed E-state index contributed by atoms with van der Waals surface area (Å²) < 4.78 is 5.32. The van der Waals surface area contributed by atoms with Crippen LogP contribution >= 0.6 is 38.9 Å². The number of carbonyl (C=O) groups excluding carboxylic acids is 1. The van der Waals surface area contributed by atoms with Crippen LogP contribution in [0.2, 0.25) is 5.15 Å². The summed E-state index contributed by atoms with van der Waals surface area (Å²) in [7, 11) is 1.28. The van der Waals surface area contributed by atoms with Crippen LogP contribution in [0.3, 0.4) is 0 Å². The molecule has 8 heteroatoms. The van der Waals surface area contributed by atoms with Gasteiger partial charge in [-0.15, -0.1) is 0 Å². The Balaban J connectivity index is 2.27. The second kappa shape index (κ2) is 6.22. The molecule has 0 aliphatic carbocycles. The van der Waals surface area contributed by atoms with Crippen molar-refractivity contribution in [2.24, 2.45) is 0 Å². The first-order valence-corrected chi connectivity index (χ1v) is 7.25. The van der Waals surface area contributed by atoms with Crippen LogP contribution in [0.1, 0.15) is 15.2 Å². The summed E-state index contributed by atoms with van der Waals surface area (Å²) in [5.74, 6) is -0.528. The van der Waals surface area contributed by atoms with Gasteiger partial charge in [0.15, 0.2) is 15.2 Å². The van der Waals surface area contributed by atoms with E-state index >= 15 is 0 Å². The molecule has 0 unspecified atom stereocenters. The van der Waals surface area contributed by atoms with Gasteiger partial charge < -0.3 is 10.1 Å². The summed E-state index contributed by atoms with van der Waals surface area (Å²) >= 11 is 10.3. The number of rotatable bonds is 3. The van der Waals surface area contributed by atoms with E-state index in [1.54, 1.807) is 18.2 Å². The highest BCUT2D eigenvalue weighted by molar-refractivity contribution is 9.10. The molecule has 0 fully saturated rings. The van der Waals surface area contributed by atoms with Crippen LogP contribution in [-0.4, -0.2) is 18.1 Å². The molecule has 0 atom stereocenters. The van der Waals surface area contributed by atoms with Crippen molar-refractivity contribution in [1.29, 1.82) is 5.26 Å². The van der Waals surface area contributed by atoms with Gasteiger partial charge in [-0.25, -0.2) is 9.78 Å². The van der Waals surface area contributed by atoms with Crippen molar-refractivity contribution in [3.8, 4) is 6.07 Å². The standard InChI is InChI=1S/C12H7BrClN3O2S/c1-19-11(18)9-10(14)17-12(20-9)16-8-3-2-6(5-15)4-7(8)13/h2-4H,1H3,(H,16,17). The van der Waals surface area contributed by atoms with E-state index in [2.05, 4.69) is 31.0 Å². The molecule has 0 aliphatic rings.